The minimum absolute atomic E-state index is 0.432. The quantitative estimate of drug-likeness (QED) is 0.167. The molecule has 1 heterocycles. The first-order valence-electron chi connectivity index (χ1n) is 21.1. The Labute approximate surface area is 354 Å². The van der Waals surface area contributed by atoms with Crippen LogP contribution in [0, 0.1) is 0 Å². The molecule has 13 rings (SSSR count). The molecule has 61 heavy (non-hydrogen) atoms. The first kappa shape index (κ1) is 34.0. The normalized spacial score (nSPS) is 13.0. The lowest BCUT2D eigenvalue weighted by Gasteiger charge is -2.30. The van der Waals surface area contributed by atoms with Crippen molar-refractivity contribution >= 4 is 32.3 Å². The SMILES string of the molecule is c1ccc(-c2cc(-c3cccc4c3-c3ccccc3C43c4ccccc4-c4ccccc43)nc(-c3cccc(-c4ccc5c6ccccc6c6ccccc6c5c4)c3)n2)cc1. The van der Waals surface area contributed by atoms with E-state index < -0.39 is 5.41 Å². The van der Waals surface area contributed by atoms with Crippen molar-refractivity contribution in [3.05, 3.63) is 241 Å². The molecule has 2 heteroatoms. The van der Waals surface area contributed by atoms with Gasteiger partial charge in [0.1, 0.15) is 0 Å². The summed E-state index contributed by atoms with van der Waals surface area (Å²) in [7, 11) is 0. The molecule has 10 aromatic carbocycles. The van der Waals surface area contributed by atoms with E-state index in [-0.39, 0.29) is 0 Å². The first-order chi connectivity index (χ1) is 30.3. The van der Waals surface area contributed by atoms with Crippen molar-refractivity contribution in [2.24, 2.45) is 0 Å². The summed E-state index contributed by atoms with van der Waals surface area (Å²) < 4.78 is 0. The molecule has 0 fully saturated rings. The molecule has 2 nitrogen and oxygen atoms in total. The molecule has 1 spiro atoms. The standard InChI is InChI=1S/C59H36N2/c1-2-16-37(17-3-1)55-36-56(49-27-15-31-54-57(49)48-26-10-13-30-53(48)59(54)51-28-11-8-24-46(51)47-25-9-12-29-52(47)59)61-58(60-55)40-19-14-18-38(34-40)39-32-33-45-43-22-5-4-20-41(43)42-21-6-7-23-44(42)50(45)35-39/h1-36H. The van der Waals surface area contributed by atoms with Crippen LogP contribution in [0.15, 0.2) is 218 Å². The largest absolute Gasteiger partial charge is 0.228 e. The van der Waals surface area contributed by atoms with Gasteiger partial charge in [-0.25, -0.2) is 9.97 Å². The maximum Gasteiger partial charge on any atom is 0.160 e. The van der Waals surface area contributed by atoms with Crippen molar-refractivity contribution in [3.63, 3.8) is 0 Å². The Kier molecular flexibility index (Phi) is 7.26. The Balaban J connectivity index is 1.01. The molecule has 0 saturated heterocycles. The third kappa shape index (κ3) is 4.85. The molecule has 11 aromatic rings. The van der Waals surface area contributed by atoms with Gasteiger partial charge in [0.15, 0.2) is 5.82 Å². The summed E-state index contributed by atoms with van der Waals surface area (Å²) >= 11 is 0. The van der Waals surface area contributed by atoms with Crippen LogP contribution in [0.3, 0.4) is 0 Å². The number of aromatic nitrogens is 2. The number of rotatable bonds is 4. The van der Waals surface area contributed by atoms with E-state index in [1.807, 2.05) is 0 Å². The third-order valence-electron chi connectivity index (χ3n) is 13.3. The Bertz CT molecular complexity index is 3520. The number of nitrogens with zero attached hydrogens (tertiary/aromatic N) is 2. The fourth-order valence-corrected chi connectivity index (χ4v) is 10.8. The summed E-state index contributed by atoms with van der Waals surface area (Å²) in [6.07, 6.45) is 0. The highest BCUT2D eigenvalue weighted by atomic mass is 14.9. The van der Waals surface area contributed by atoms with Gasteiger partial charge in [0.25, 0.3) is 0 Å². The van der Waals surface area contributed by atoms with Crippen LogP contribution < -0.4 is 0 Å². The van der Waals surface area contributed by atoms with Gasteiger partial charge < -0.3 is 0 Å². The lowest BCUT2D eigenvalue weighted by atomic mass is 9.70. The average molecular weight is 773 g/mol. The smallest absolute Gasteiger partial charge is 0.160 e. The van der Waals surface area contributed by atoms with Crippen LogP contribution >= 0.6 is 0 Å². The van der Waals surface area contributed by atoms with Crippen LogP contribution in [-0.2, 0) is 5.41 Å². The first-order valence-corrected chi connectivity index (χ1v) is 21.1. The molecule has 0 aliphatic heterocycles. The van der Waals surface area contributed by atoms with Crippen LogP contribution in [0.1, 0.15) is 22.3 Å². The average Bonchev–Trinajstić information content (AvgIpc) is 3.82. The number of hydrogen-bond acceptors (Lipinski definition) is 2. The van der Waals surface area contributed by atoms with E-state index in [1.54, 1.807) is 0 Å². The van der Waals surface area contributed by atoms with Crippen LogP contribution in [0.2, 0.25) is 0 Å². The van der Waals surface area contributed by atoms with Crippen molar-refractivity contribution in [2.75, 3.05) is 0 Å². The summed E-state index contributed by atoms with van der Waals surface area (Å²) in [6, 6.07) is 79.6. The molecular formula is C59H36N2. The maximum atomic E-state index is 5.50. The van der Waals surface area contributed by atoms with E-state index in [2.05, 4.69) is 218 Å². The van der Waals surface area contributed by atoms with Gasteiger partial charge in [0.2, 0.25) is 0 Å². The Morgan fingerprint density at radius 3 is 1.41 bits per heavy atom. The molecule has 0 atom stereocenters. The van der Waals surface area contributed by atoms with E-state index in [0.717, 1.165) is 39.2 Å². The Morgan fingerprint density at radius 2 is 0.721 bits per heavy atom. The van der Waals surface area contributed by atoms with Crippen molar-refractivity contribution < 1.29 is 0 Å². The number of fused-ring (bicyclic) bond motifs is 16. The Morgan fingerprint density at radius 1 is 0.262 bits per heavy atom. The highest BCUT2D eigenvalue weighted by Gasteiger charge is 2.52. The van der Waals surface area contributed by atoms with Crippen LogP contribution in [-0.4, -0.2) is 9.97 Å². The van der Waals surface area contributed by atoms with E-state index >= 15 is 0 Å². The summed E-state index contributed by atoms with van der Waals surface area (Å²) in [5.41, 5.74) is 17.2. The molecule has 0 N–H and O–H groups in total. The molecule has 0 saturated carbocycles. The van der Waals surface area contributed by atoms with E-state index in [4.69, 9.17) is 9.97 Å². The van der Waals surface area contributed by atoms with Gasteiger partial charge in [-0.05, 0) is 106 Å². The molecule has 2 aliphatic rings. The lowest BCUT2D eigenvalue weighted by Crippen LogP contribution is -2.25. The fraction of sp³-hybridized carbons (Fsp3) is 0.0169. The highest BCUT2D eigenvalue weighted by molar-refractivity contribution is 6.25. The van der Waals surface area contributed by atoms with E-state index in [9.17, 15) is 0 Å². The van der Waals surface area contributed by atoms with Gasteiger partial charge >= 0.3 is 0 Å². The molecule has 0 unspecified atom stereocenters. The van der Waals surface area contributed by atoms with Crippen molar-refractivity contribution in [1.29, 1.82) is 0 Å². The molecule has 0 amide bonds. The molecule has 2 aliphatic carbocycles. The van der Waals surface area contributed by atoms with Crippen molar-refractivity contribution in [2.45, 2.75) is 5.41 Å². The summed E-state index contributed by atoms with van der Waals surface area (Å²) in [6.45, 7) is 0. The van der Waals surface area contributed by atoms with Gasteiger partial charge in [-0.2, -0.15) is 0 Å². The van der Waals surface area contributed by atoms with E-state index in [0.29, 0.717) is 5.82 Å². The number of hydrogen-bond donors (Lipinski definition) is 0. The van der Waals surface area contributed by atoms with Gasteiger partial charge in [-0.3, -0.25) is 0 Å². The molecule has 282 valence electrons. The zero-order valence-corrected chi connectivity index (χ0v) is 33.2. The van der Waals surface area contributed by atoms with E-state index in [1.165, 1.54) is 76.8 Å². The minimum Gasteiger partial charge on any atom is -0.228 e. The molecule has 1 aromatic heterocycles. The Hall–Kier alpha value is -7.94. The van der Waals surface area contributed by atoms with Crippen molar-refractivity contribution in [3.8, 4) is 67.3 Å². The van der Waals surface area contributed by atoms with Crippen molar-refractivity contribution in [1.82, 2.24) is 9.97 Å². The van der Waals surface area contributed by atoms with Crippen LogP contribution in [0.25, 0.3) is 99.6 Å². The van der Waals surface area contributed by atoms with Gasteiger partial charge in [0, 0.05) is 16.7 Å². The summed E-state index contributed by atoms with van der Waals surface area (Å²) in [5.74, 6) is 0.700. The maximum absolute atomic E-state index is 5.50. The zero-order chi connectivity index (χ0) is 40.1. The molecular weight excluding hydrogens is 737 g/mol. The van der Waals surface area contributed by atoms with Crippen LogP contribution in [0.5, 0.6) is 0 Å². The minimum atomic E-state index is -0.432. The summed E-state index contributed by atoms with van der Waals surface area (Å²) in [4.78, 5) is 10.8. The molecule has 0 radical (unpaired) electrons. The second-order valence-electron chi connectivity index (χ2n) is 16.4. The third-order valence-corrected chi connectivity index (χ3v) is 13.3. The summed E-state index contributed by atoms with van der Waals surface area (Å²) in [5, 5.41) is 7.62. The monoisotopic (exact) mass is 772 g/mol. The second kappa shape index (κ2) is 13.0. The van der Waals surface area contributed by atoms with Gasteiger partial charge in [-0.15, -0.1) is 0 Å². The van der Waals surface area contributed by atoms with Gasteiger partial charge in [0.05, 0.1) is 16.8 Å². The zero-order valence-electron chi connectivity index (χ0n) is 33.2. The van der Waals surface area contributed by atoms with Crippen LogP contribution in [0.4, 0.5) is 0 Å². The highest BCUT2D eigenvalue weighted by Crippen LogP contribution is 2.64. The molecule has 0 bridgehead atoms. The van der Waals surface area contributed by atoms with Gasteiger partial charge in [-0.1, -0.05) is 200 Å². The predicted molar refractivity (Wildman–Crippen MR) is 253 cm³/mol. The predicted octanol–water partition coefficient (Wildman–Crippen LogP) is 14.9. The number of benzene rings is 10. The topological polar surface area (TPSA) is 25.8 Å². The fourth-order valence-electron chi connectivity index (χ4n) is 10.8. The lowest BCUT2D eigenvalue weighted by molar-refractivity contribution is 0.794. The second-order valence-corrected chi connectivity index (χ2v) is 16.4.